The number of aliphatic hydroxyl groups excluding tert-OH is 1. The number of aliphatic hydroxyl groups is 1. The summed E-state index contributed by atoms with van der Waals surface area (Å²) in [6.07, 6.45) is 0.757. The first-order valence-electron chi connectivity index (χ1n) is 10.6. The summed E-state index contributed by atoms with van der Waals surface area (Å²) in [5.41, 5.74) is 3.47. The van der Waals surface area contributed by atoms with Crippen molar-refractivity contribution in [1.82, 2.24) is 4.98 Å². The molecule has 1 unspecified atom stereocenters. The number of carbonyl (C=O) groups is 1. The van der Waals surface area contributed by atoms with Crippen LogP contribution in [0, 0.1) is 0 Å². The summed E-state index contributed by atoms with van der Waals surface area (Å²) >= 11 is 0. The highest BCUT2D eigenvalue weighted by Crippen LogP contribution is 2.43. The number of ether oxygens (including phenoxy) is 1. The van der Waals surface area contributed by atoms with Gasteiger partial charge in [-0.15, -0.1) is 0 Å². The highest BCUT2D eigenvalue weighted by molar-refractivity contribution is 6.78. The number of fused-ring (bicyclic) bond motifs is 1. The molecule has 0 saturated carbocycles. The van der Waals surface area contributed by atoms with Crippen molar-refractivity contribution in [3.63, 3.8) is 0 Å². The van der Waals surface area contributed by atoms with Crippen LogP contribution in [0.5, 0.6) is 5.75 Å². The highest BCUT2D eigenvalue weighted by atomic mass is 28.4. The smallest absolute Gasteiger partial charge is 0.306 e. The zero-order valence-electron chi connectivity index (χ0n) is 18.9. The Hall–Kier alpha value is -1.79. The van der Waals surface area contributed by atoms with Crippen LogP contribution in [0.25, 0.3) is 10.9 Å². The maximum atomic E-state index is 11.8. The molecule has 0 aliphatic carbocycles. The fourth-order valence-electron chi connectivity index (χ4n) is 4.78. The Morgan fingerprint density at radius 2 is 1.69 bits per heavy atom. The van der Waals surface area contributed by atoms with Gasteiger partial charge in [-0.25, -0.2) is 0 Å². The summed E-state index contributed by atoms with van der Waals surface area (Å²) in [6.45, 7) is 13.7. The van der Waals surface area contributed by atoms with Gasteiger partial charge in [0.2, 0.25) is 0 Å². The van der Waals surface area contributed by atoms with E-state index in [4.69, 9.17) is 9.16 Å². The second-order valence-electron chi connectivity index (χ2n) is 8.88. The number of hydrogen-bond donors (Lipinski definition) is 2. The second kappa shape index (κ2) is 9.81. The van der Waals surface area contributed by atoms with Crippen LogP contribution in [0.4, 0.5) is 0 Å². The Bertz CT molecular complexity index is 791. The Morgan fingerprint density at radius 3 is 2.21 bits per heavy atom. The molecule has 2 rings (SSSR count). The predicted octanol–water partition coefficient (Wildman–Crippen LogP) is 5.75. The summed E-state index contributed by atoms with van der Waals surface area (Å²) in [6, 6.07) is 8.24. The van der Waals surface area contributed by atoms with Crippen LogP contribution in [0.15, 0.2) is 24.3 Å². The number of benzene rings is 1. The molecule has 1 heterocycles. The van der Waals surface area contributed by atoms with Crippen molar-refractivity contribution in [2.24, 2.45) is 0 Å². The molecule has 29 heavy (non-hydrogen) atoms. The molecule has 0 bridgehead atoms. The average molecular weight is 420 g/mol. The molecular formula is C23H37NO4Si. The quantitative estimate of drug-likeness (QED) is 0.380. The first kappa shape index (κ1) is 23.5. The van der Waals surface area contributed by atoms with E-state index in [1.807, 2.05) is 12.1 Å². The number of esters is 1. The van der Waals surface area contributed by atoms with E-state index >= 15 is 0 Å². The van der Waals surface area contributed by atoms with Crippen molar-refractivity contribution in [2.45, 2.75) is 76.9 Å². The molecule has 2 aromatic rings. The van der Waals surface area contributed by atoms with Crippen LogP contribution >= 0.6 is 0 Å². The molecule has 0 amide bonds. The largest absolute Gasteiger partial charge is 0.543 e. The zero-order chi connectivity index (χ0) is 21.8. The molecule has 0 fully saturated rings. The molecule has 6 heteroatoms. The summed E-state index contributed by atoms with van der Waals surface area (Å²) in [4.78, 5) is 15.2. The maximum Gasteiger partial charge on any atom is 0.306 e. The lowest BCUT2D eigenvalue weighted by atomic mass is 9.98. The SMILES string of the molecule is COC(=O)CC(CCO)c1cc2cc(O[Si](C(C)C)(C(C)C)C(C)C)ccc2[nH]1. The third kappa shape index (κ3) is 5.04. The van der Waals surface area contributed by atoms with Crippen LogP contribution in [0.2, 0.25) is 16.6 Å². The van der Waals surface area contributed by atoms with Gasteiger partial charge in [0.05, 0.1) is 13.5 Å². The molecule has 0 aliphatic heterocycles. The number of rotatable bonds is 10. The fourth-order valence-corrected chi connectivity index (χ4v) is 10.0. The van der Waals surface area contributed by atoms with Crippen molar-refractivity contribution in [2.75, 3.05) is 13.7 Å². The van der Waals surface area contributed by atoms with Crippen LogP contribution in [0.1, 0.15) is 66.0 Å². The predicted molar refractivity (Wildman–Crippen MR) is 121 cm³/mol. The van der Waals surface area contributed by atoms with Gasteiger partial charge in [-0.05, 0) is 47.3 Å². The summed E-state index contributed by atoms with van der Waals surface area (Å²) in [5.74, 6) is 0.546. The first-order valence-corrected chi connectivity index (χ1v) is 12.8. The number of nitrogens with one attached hydrogen (secondary N) is 1. The lowest BCUT2D eigenvalue weighted by Gasteiger charge is -2.42. The zero-order valence-corrected chi connectivity index (χ0v) is 19.9. The van der Waals surface area contributed by atoms with Gasteiger partial charge >= 0.3 is 5.97 Å². The third-order valence-electron chi connectivity index (χ3n) is 6.17. The average Bonchev–Trinajstić information content (AvgIpc) is 3.07. The normalized spacial score (nSPS) is 13.5. The second-order valence-corrected chi connectivity index (χ2v) is 14.3. The third-order valence-corrected chi connectivity index (χ3v) is 12.2. The molecule has 1 aromatic heterocycles. The van der Waals surface area contributed by atoms with Crippen LogP contribution in [0.3, 0.4) is 0 Å². The Labute approximate surface area is 175 Å². The van der Waals surface area contributed by atoms with Crippen molar-refractivity contribution < 1.29 is 19.1 Å². The van der Waals surface area contributed by atoms with E-state index in [1.54, 1.807) is 0 Å². The van der Waals surface area contributed by atoms with E-state index in [1.165, 1.54) is 7.11 Å². The Morgan fingerprint density at radius 1 is 1.07 bits per heavy atom. The molecule has 0 radical (unpaired) electrons. The molecule has 5 nitrogen and oxygen atoms in total. The molecule has 1 aromatic carbocycles. The van der Waals surface area contributed by atoms with Crippen molar-refractivity contribution >= 4 is 25.2 Å². The monoisotopic (exact) mass is 419 g/mol. The van der Waals surface area contributed by atoms with Crippen molar-refractivity contribution in [3.8, 4) is 5.75 Å². The molecule has 0 spiro atoms. The first-order chi connectivity index (χ1) is 13.6. The van der Waals surface area contributed by atoms with E-state index in [0.29, 0.717) is 23.0 Å². The van der Waals surface area contributed by atoms with Crippen LogP contribution in [-0.2, 0) is 9.53 Å². The molecule has 2 N–H and O–H groups in total. The lowest BCUT2D eigenvalue weighted by Crippen LogP contribution is -2.50. The molecule has 1 atom stereocenters. The summed E-state index contributed by atoms with van der Waals surface area (Å²) in [5, 5.41) is 10.5. The van der Waals surface area contributed by atoms with E-state index in [0.717, 1.165) is 22.3 Å². The fraction of sp³-hybridized carbons (Fsp3) is 0.609. The number of aromatic nitrogens is 1. The molecule has 0 saturated heterocycles. The van der Waals surface area contributed by atoms with E-state index in [-0.39, 0.29) is 24.9 Å². The standard InChI is InChI=1S/C23H37NO4Si/c1-15(2)29(16(3)4,17(5)6)28-20-8-9-21-19(12-20)13-22(24-21)18(10-11-25)14-23(26)27-7/h8-9,12-13,15-18,24-25H,10-11,14H2,1-7H3. The minimum atomic E-state index is -2.01. The van der Waals surface area contributed by atoms with Gasteiger partial charge in [0.15, 0.2) is 0 Å². The van der Waals surface area contributed by atoms with E-state index in [9.17, 15) is 9.90 Å². The van der Waals surface area contributed by atoms with Crippen molar-refractivity contribution in [1.29, 1.82) is 0 Å². The molecular weight excluding hydrogens is 382 g/mol. The maximum absolute atomic E-state index is 11.8. The Balaban J connectivity index is 2.38. The summed E-state index contributed by atoms with van der Waals surface area (Å²) < 4.78 is 11.6. The van der Waals surface area contributed by atoms with Gasteiger partial charge < -0.3 is 19.3 Å². The van der Waals surface area contributed by atoms with Gasteiger partial charge in [0, 0.05) is 29.1 Å². The highest BCUT2D eigenvalue weighted by Gasteiger charge is 2.47. The topological polar surface area (TPSA) is 71.6 Å². The Kier molecular flexibility index (Phi) is 7.94. The number of methoxy groups -OCH3 is 1. The van der Waals surface area contributed by atoms with E-state index < -0.39 is 8.32 Å². The van der Waals surface area contributed by atoms with E-state index in [2.05, 4.69) is 58.7 Å². The van der Waals surface area contributed by atoms with Crippen molar-refractivity contribution in [3.05, 3.63) is 30.0 Å². The van der Waals surface area contributed by atoms with Crippen LogP contribution < -0.4 is 4.43 Å². The van der Waals surface area contributed by atoms with Crippen LogP contribution in [-0.4, -0.2) is 38.1 Å². The number of hydrogen-bond acceptors (Lipinski definition) is 4. The molecule has 162 valence electrons. The van der Waals surface area contributed by atoms with Gasteiger partial charge in [0.1, 0.15) is 5.75 Å². The van der Waals surface area contributed by atoms with Gasteiger partial charge in [-0.1, -0.05) is 41.5 Å². The minimum Gasteiger partial charge on any atom is -0.543 e. The van der Waals surface area contributed by atoms with Gasteiger partial charge in [-0.2, -0.15) is 0 Å². The molecule has 0 aliphatic rings. The minimum absolute atomic E-state index is 0.0245. The van der Waals surface area contributed by atoms with Gasteiger partial charge in [-0.3, -0.25) is 4.79 Å². The lowest BCUT2D eigenvalue weighted by molar-refractivity contribution is -0.141. The number of aromatic amines is 1. The number of carbonyl (C=O) groups excluding carboxylic acids is 1. The summed E-state index contributed by atoms with van der Waals surface area (Å²) in [7, 11) is -0.624. The van der Waals surface area contributed by atoms with Gasteiger partial charge in [0.25, 0.3) is 8.32 Å². The number of H-pyrrole nitrogens is 1.